The lowest BCUT2D eigenvalue weighted by Crippen LogP contribution is -2.42. The maximum atomic E-state index is 11.9. The first-order valence-electron chi connectivity index (χ1n) is 10.1. The van der Waals surface area contributed by atoms with Gasteiger partial charge in [-0.05, 0) is 42.0 Å². The molecule has 5 rings (SSSR count). The average molecular weight is 391 g/mol. The number of nitrogens with two attached hydrogens (primary N) is 1. The van der Waals surface area contributed by atoms with Crippen molar-refractivity contribution in [3.8, 4) is 11.1 Å². The van der Waals surface area contributed by atoms with Crippen molar-refractivity contribution in [3.63, 3.8) is 0 Å². The van der Waals surface area contributed by atoms with E-state index < -0.39 is 5.91 Å². The Hall–Kier alpha value is -2.77. The molecule has 1 aromatic carbocycles. The molecule has 0 radical (unpaired) electrons. The maximum Gasteiger partial charge on any atom is 0.267 e. The monoisotopic (exact) mass is 391 g/mol. The third kappa shape index (κ3) is 3.75. The maximum absolute atomic E-state index is 11.9. The smallest absolute Gasteiger partial charge is 0.267 e. The number of aryl methyl sites for hydroxylation is 1. The first-order chi connectivity index (χ1) is 14.1. The van der Waals surface area contributed by atoms with Gasteiger partial charge >= 0.3 is 0 Å². The number of carbonyl (C=O) groups excluding carboxylic acids is 1. The van der Waals surface area contributed by atoms with E-state index in [1.54, 1.807) is 16.9 Å². The molecule has 2 fully saturated rings. The second kappa shape index (κ2) is 7.24. The first kappa shape index (κ1) is 18.3. The van der Waals surface area contributed by atoms with Gasteiger partial charge in [0.25, 0.3) is 5.91 Å². The summed E-state index contributed by atoms with van der Waals surface area (Å²) in [6.45, 7) is 3.58. The Balaban J connectivity index is 1.48. The molecule has 1 saturated carbocycles. The molecule has 7 nitrogen and oxygen atoms in total. The third-order valence-electron chi connectivity index (χ3n) is 5.87. The lowest BCUT2D eigenvalue weighted by atomic mass is 10.0. The van der Waals surface area contributed by atoms with E-state index in [1.165, 1.54) is 18.4 Å². The summed E-state index contributed by atoms with van der Waals surface area (Å²) in [4.78, 5) is 18.8. The predicted octanol–water partition coefficient (Wildman–Crippen LogP) is 2.34. The van der Waals surface area contributed by atoms with Gasteiger partial charge in [0.15, 0.2) is 0 Å². The zero-order valence-electron chi connectivity index (χ0n) is 16.5. The number of primary amides is 1. The number of carbonyl (C=O) groups is 1. The van der Waals surface area contributed by atoms with Gasteiger partial charge < -0.3 is 10.5 Å². The van der Waals surface area contributed by atoms with Gasteiger partial charge in [0.2, 0.25) is 0 Å². The fraction of sp³-hybridized carbons (Fsp3) is 0.409. The Morgan fingerprint density at radius 2 is 2.17 bits per heavy atom. The summed E-state index contributed by atoms with van der Waals surface area (Å²) in [5.74, 6) is 0.221. The zero-order valence-corrected chi connectivity index (χ0v) is 16.5. The molecule has 1 aliphatic heterocycles. The number of hydrogen-bond acceptors (Lipinski definition) is 5. The number of ether oxygens (including phenoxy) is 1. The number of pyridine rings is 1. The van der Waals surface area contributed by atoms with Crippen molar-refractivity contribution in [2.75, 3.05) is 19.7 Å². The molecule has 7 heteroatoms. The Morgan fingerprint density at radius 3 is 2.90 bits per heavy atom. The van der Waals surface area contributed by atoms with Crippen molar-refractivity contribution < 1.29 is 9.53 Å². The Labute approximate surface area is 169 Å². The number of amides is 1. The molecule has 0 spiro atoms. The lowest BCUT2D eigenvalue weighted by molar-refractivity contribution is -0.0418. The Kier molecular flexibility index (Phi) is 4.56. The zero-order chi connectivity index (χ0) is 20.0. The fourth-order valence-electron chi connectivity index (χ4n) is 4.18. The van der Waals surface area contributed by atoms with E-state index >= 15 is 0 Å². The number of nitrogens with zero attached hydrogens (tertiary/aromatic N) is 4. The van der Waals surface area contributed by atoms with E-state index in [4.69, 9.17) is 10.5 Å². The lowest BCUT2D eigenvalue weighted by Gasteiger charge is -2.33. The number of benzene rings is 1. The van der Waals surface area contributed by atoms with Crippen LogP contribution >= 0.6 is 0 Å². The molecule has 1 amide bonds. The first-order valence-corrected chi connectivity index (χ1v) is 10.1. The van der Waals surface area contributed by atoms with Gasteiger partial charge in [-0.15, -0.1) is 0 Å². The normalized spacial score (nSPS) is 20.2. The number of aromatic nitrogens is 3. The van der Waals surface area contributed by atoms with Crippen LogP contribution in [0.4, 0.5) is 0 Å². The highest BCUT2D eigenvalue weighted by atomic mass is 16.5. The second-order valence-electron chi connectivity index (χ2n) is 8.16. The molecular weight excluding hydrogens is 366 g/mol. The Morgan fingerprint density at radius 1 is 1.31 bits per heavy atom. The minimum atomic E-state index is -0.525. The van der Waals surface area contributed by atoms with Gasteiger partial charge in [-0.2, -0.15) is 5.10 Å². The van der Waals surface area contributed by atoms with Gasteiger partial charge in [-0.25, -0.2) is 4.98 Å². The van der Waals surface area contributed by atoms with Crippen molar-refractivity contribution in [2.45, 2.75) is 25.5 Å². The van der Waals surface area contributed by atoms with Crippen LogP contribution in [0.25, 0.3) is 22.0 Å². The van der Waals surface area contributed by atoms with Crippen LogP contribution in [0.15, 0.2) is 36.7 Å². The SMILES string of the molecule is Cn1cc(-c2cc(C(N)=O)nc3cc(CN4CCOC(C5CC5)C4)ccc23)cn1. The second-order valence-corrected chi connectivity index (χ2v) is 8.16. The van der Waals surface area contributed by atoms with E-state index in [1.807, 2.05) is 13.2 Å². The number of morpholine rings is 1. The van der Waals surface area contributed by atoms with Crippen molar-refractivity contribution in [1.29, 1.82) is 0 Å². The summed E-state index contributed by atoms with van der Waals surface area (Å²) >= 11 is 0. The Bertz CT molecular complexity index is 1070. The predicted molar refractivity (Wildman–Crippen MR) is 110 cm³/mol. The summed E-state index contributed by atoms with van der Waals surface area (Å²) in [5.41, 5.74) is 9.64. The summed E-state index contributed by atoms with van der Waals surface area (Å²) < 4.78 is 7.68. The molecule has 150 valence electrons. The highest BCUT2D eigenvalue weighted by Crippen LogP contribution is 2.36. The highest BCUT2D eigenvalue weighted by Gasteiger charge is 2.35. The molecule has 3 aromatic rings. The topological polar surface area (TPSA) is 86.3 Å². The van der Waals surface area contributed by atoms with E-state index in [0.29, 0.717) is 6.10 Å². The molecule has 1 aliphatic carbocycles. The fourth-order valence-corrected chi connectivity index (χ4v) is 4.18. The standard InChI is InChI=1S/C22H25N5O2/c1-26-12-16(10-24-26)18-9-20(22(23)28)25-19-8-14(2-5-17(18)19)11-27-6-7-29-21(13-27)15-3-4-15/h2,5,8-10,12,15,21H,3-4,6-7,11,13H2,1H3,(H2,23,28). The number of hydrogen-bond donors (Lipinski definition) is 1. The highest BCUT2D eigenvalue weighted by molar-refractivity contribution is 6.00. The molecule has 2 aliphatic rings. The van der Waals surface area contributed by atoms with Gasteiger partial charge in [-0.3, -0.25) is 14.4 Å². The van der Waals surface area contributed by atoms with Crippen LogP contribution in [-0.2, 0) is 18.3 Å². The van der Waals surface area contributed by atoms with E-state index in [-0.39, 0.29) is 5.69 Å². The molecule has 1 unspecified atom stereocenters. The minimum Gasteiger partial charge on any atom is -0.375 e. The largest absolute Gasteiger partial charge is 0.375 e. The van der Waals surface area contributed by atoms with Crippen LogP contribution in [0, 0.1) is 5.92 Å². The van der Waals surface area contributed by atoms with Crippen LogP contribution in [0.2, 0.25) is 0 Å². The van der Waals surface area contributed by atoms with Crippen LogP contribution in [0.5, 0.6) is 0 Å². The van der Waals surface area contributed by atoms with Gasteiger partial charge in [0.1, 0.15) is 5.69 Å². The molecule has 1 atom stereocenters. The molecule has 0 bridgehead atoms. The summed E-state index contributed by atoms with van der Waals surface area (Å²) in [7, 11) is 1.87. The van der Waals surface area contributed by atoms with Gasteiger partial charge in [0, 0.05) is 43.8 Å². The van der Waals surface area contributed by atoms with Crippen molar-refractivity contribution in [3.05, 3.63) is 47.9 Å². The van der Waals surface area contributed by atoms with E-state index in [9.17, 15) is 4.79 Å². The van der Waals surface area contributed by atoms with Gasteiger partial charge in [0.05, 0.1) is 24.4 Å². The number of fused-ring (bicyclic) bond motifs is 1. The van der Waals surface area contributed by atoms with Gasteiger partial charge in [-0.1, -0.05) is 12.1 Å². The van der Waals surface area contributed by atoms with Crippen molar-refractivity contribution >= 4 is 16.8 Å². The number of rotatable bonds is 5. The molecule has 1 saturated heterocycles. The average Bonchev–Trinajstić information content (AvgIpc) is 3.48. The summed E-state index contributed by atoms with van der Waals surface area (Å²) in [6, 6.07) is 8.06. The molecule has 2 aromatic heterocycles. The quantitative estimate of drug-likeness (QED) is 0.721. The van der Waals surface area contributed by atoms with Crippen LogP contribution in [0.3, 0.4) is 0 Å². The van der Waals surface area contributed by atoms with Crippen LogP contribution in [0.1, 0.15) is 28.9 Å². The molecule has 29 heavy (non-hydrogen) atoms. The summed E-state index contributed by atoms with van der Waals surface area (Å²) in [5, 5.41) is 5.25. The van der Waals surface area contributed by atoms with Crippen LogP contribution in [-0.4, -0.2) is 51.4 Å². The molecule has 3 heterocycles. The van der Waals surface area contributed by atoms with E-state index in [2.05, 4.69) is 33.2 Å². The third-order valence-corrected chi connectivity index (χ3v) is 5.87. The van der Waals surface area contributed by atoms with Crippen LogP contribution < -0.4 is 5.73 Å². The minimum absolute atomic E-state index is 0.272. The van der Waals surface area contributed by atoms with E-state index in [0.717, 1.165) is 54.2 Å². The van der Waals surface area contributed by atoms with Crippen molar-refractivity contribution in [2.24, 2.45) is 18.7 Å². The molecule has 2 N–H and O–H groups in total. The van der Waals surface area contributed by atoms with Crippen molar-refractivity contribution in [1.82, 2.24) is 19.7 Å². The molecular formula is C22H25N5O2. The summed E-state index contributed by atoms with van der Waals surface area (Å²) in [6.07, 6.45) is 6.69.